The van der Waals surface area contributed by atoms with E-state index in [4.69, 9.17) is 15.3 Å². The Labute approximate surface area is 176 Å². The lowest BCUT2D eigenvalue weighted by molar-refractivity contribution is 0.342. The van der Waals surface area contributed by atoms with Gasteiger partial charge in [-0.3, -0.25) is 10.8 Å². The van der Waals surface area contributed by atoms with Crippen LogP contribution in [0, 0.1) is 11.7 Å². The molecular weight excluding hydrogens is 413 g/mol. The van der Waals surface area contributed by atoms with Crippen molar-refractivity contribution >= 4 is 26.8 Å². The highest BCUT2D eigenvalue weighted by Crippen LogP contribution is 2.38. The molecule has 1 aliphatic rings. The number of nitrogens with zero attached hydrogens (tertiary/aromatic N) is 3. The number of hydrogen-bond acceptors (Lipinski definition) is 7. The van der Waals surface area contributed by atoms with E-state index >= 15 is 0 Å². The van der Waals surface area contributed by atoms with Crippen LogP contribution in [0.2, 0.25) is 0 Å². The van der Waals surface area contributed by atoms with E-state index in [-0.39, 0.29) is 5.82 Å². The number of piperidine rings is 1. The van der Waals surface area contributed by atoms with E-state index in [1.807, 2.05) is 9.73 Å². The Morgan fingerprint density at radius 2 is 1.90 bits per heavy atom. The third-order valence-corrected chi connectivity index (χ3v) is 6.94. The summed E-state index contributed by atoms with van der Waals surface area (Å²) in [4.78, 5) is 8.04. The number of rotatable bonds is 8. The molecule has 1 aromatic heterocycles. The zero-order valence-corrected chi connectivity index (χ0v) is 18.2. The summed E-state index contributed by atoms with van der Waals surface area (Å²) in [6.07, 6.45) is 3.62. The van der Waals surface area contributed by atoms with Crippen LogP contribution >= 0.6 is 0 Å². The number of anilines is 1. The van der Waals surface area contributed by atoms with Gasteiger partial charge in [0.05, 0.1) is 31.6 Å². The second-order valence-corrected chi connectivity index (χ2v) is 9.15. The number of halogens is 1. The van der Waals surface area contributed by atoms with Gasteiger partial charge in [0.25, 0.3) is 10.2 Å². The van der Waals surface area contributed by atoms with E-state index in [2.05, 4.69) is 4.98 Å². The molecule has 2 aromatic rings. The van der Waals surface area contributed by atoms with E-state index in [0.717, 1.165) is 19.3 Å². The second-order valence-electron chi connectivity index (χ2n) is 7.34. The average Bonchev–Trinajstić information content (AvgIpc) is 2.76. The fourth-order valence-corrected chi connectivity index (χ4v) is 4.35. The third-order valence-electron chi connectivity index (χ3n) is 5.64. The van der Waals surface area contributed by atoms with Gasteiger partial charge < -0.3 is 14.4 Å². The summed E-state index contributed by atoms with van der Waals surface area (Å²) in [5, 5.41) is 0.672. The first-order valence-electron chi connectivity index (χ1n) is 9.69. The minimum absolute atomic E-state index is 0.350. The fraction of sp³-hybridized carbons (Fsp3) is 0.526. The summed E-state index contributed by atoms with van der Waals surface area (Å²) in [6.45, 7) is 1.71. The molecule has 0 atom stereocenters. The first-order valence-corrected chi connectivity index (χ1v) is 11.1. The molecule has 1 aliphatic heterocycles. The summed E-state index contributed by atoms with van der Waals surface area (Å²) in [5.41, 5.74) is 1.14. The average molecular weight is 442 g/mol. The molecule has 3 N–H and O–H groups in total. The molecule has 11 heteroatoms. The van der Waals surface area contributed by atoms with E-state index < -0.39 is 10.2 Å². The van der Waals surface area contributed by atoms with Crippen LogP contribution in [0.3, 0.4) is 0 Å². The van der Waals surface area contributed by atoms with Crippen LogP contribution in [-0.2, 0) is 10.2 Å². The second kappa shape index (κ2) is 9.29. The maximum atomic E-state index is 14.8. The van der Waals surface area contributed by atoms with Gasteiger partial charge in [0.15, 0.2) is 17.3 Å². The molecule has 0 amide bonds. The zero-order valence-electron chi connectivity index (χ0n) is 17.4. The topological polar surface area (TPSA) is 110 Å². The molecule has 0 bridgehead atoms. The van der Waals surface area contributed by atoms with Gasteiger partial charge in [-0.05, 0) is 31.2 Å². The first kappa shape index (κ1) is 22.5. The van der Waals surface area contributed by atoms with Gasteiger partial charge in [0, 0.05) is 38.1 Å². The number of methoxy groups -OCH3 is 2. The van der Waals surface area contributed by atoms with Gasteiger partial charge in [-0.15, -0.1) is 4.83 Å². The molecule has 30 heavy (non-hydrogen) atoms. The van der Waals surface area contributed by atoms with E-state index in [1.54, 1.807) is 26.4 Å². The molecular formula is C19H28FN5O4S. The van der Waals surface area contributed by atoms with Gasteiger partial charge in [-0.25, -0.2) is 4.39 Å². The highest BCUT2D eigenvalue weighted by molar-refractivity contribution is 7.87. The highest BCUT2D eigenvalue weighted by Gasteiger charge is 2.25. The van der Waals surface area contributed by atoms with E-state index in [1.165, 1.54) is 17.5 Å². The fourth-order valence-electron chi connectivity index (χ4n) is 3.82. The molecule has 1 fully saturated rings. The van der Waals surface area contributed by atoms with Crippen LogP contribution < -0.4 is 25.0 Å². The van der Waals surface area contributed by atoms with E-state index in [0.29, 0.717) is 53.6 Å². The molecule has 0 radical (unpaired) electrons. The molecule has 0 spiro atoms. The van der Waals surface area contributed by atoms with Crippen LogP contribution in [-0.4, -0.2) is 58.6 Å². The van der Waals surface area contributed by atoms with Crippen molar-refractivity contribution in [3.8, 4) is 11.5 Å². The minimum Gasteiger partial charge on any atom is -0.493 e. The third kappa shape index (κ3) is 4.59. The van der Waals surface area contributed by atoms with Crippen LogP contribution in [0.1, 0.15) is 19.3 Å². The molecule has 1 saturated heterocycles. The molecule has 2 heterocycles. The molecule has 0 aliphatic carbocycles. The van der Waals surface area contributed by atoms with Crippen molar-refractivity contribution in [1.29, 1.82) is 0 Å². The largest absolute Gasteiger partial charge is 0.493 e. The first-order chi connectivity index (χ1) is 14.3. The number of pyridine rings is 1. The molecule has 0 saturated carbocycles. The summed E-state index contributed by atoms with van der Waals surface area (Å²) in [5.74, 6) is 6.08. The summed E-state index contributed by atoms with van der Waals surface area (Å²) < 4.78 is 50.0. The number of ether oxygens (including phenoxy) is 2. The van der Waals surface area contributed by atoms with Crippen molar-refractivity contribution in [3.05, 3.63) is 24.1 Å². The summed E-state index contributed by atoms with van der Waals surface area (Å²) in [6, 6.07) is 3.50. The van der Waals surface area contributed by atoms with Gasteiger partial charge in [-0.1, -0.05) is 0 Å². The Balaban J connectivity index is 1.74. The number of benzene rings is 1. The van der Waals surface area contributed by atoms with Crippen molar-refractivity contribution in [2.45, 2.75) is 19.3 Å². The van der Waals surface area contributed by atoms with Crippen LogP contribution in [0.15, 0.2) is 18.3 Å². The van der Waals surface area contributed by atoms with Crippen molar-refractivity contribution in [3.63, 3.8) is 0 Å². The smallest absolute Gasteiger partial charge is 0.291 e. The Hall–Kier alpha value is -2.21. The zero-order chi connectivity index (χ0) is 21.9. The summed E-state index contributed by atoms with van der Waals surface area (Å²) >= 11 is 0. The molecule has 9 nitrogen and oxygen atoms in total. The Bertz CT molecular complexity index is 996. The number of hydrogen-bond donors (Lipinski definition) is 2. The van der Waals surface area contributed by atoms with Gasteiger partial charge in [0.1, 0.15) is 0 Å². The highest BCUT2D eigenvalue weighted by atomic mass is 32.2. The van der Waals surface area contributed by atoms with Crippen LogP contribution in [0.5, 0.6) is 11.5 Å². The maximum absolute atomic E-state index is 14.8. The number of hydrazine groups is 1. The van der Waals surface area contributed by atoms with Crippen molar-refractivity contribution in [2.75, 3.05) is 45.8 Å². The quantitative estimate of drug-likeness (QED) is 0.473. The molecule has 1 aromatic carbocycles. The van der Waals surface area contributed by atoms with Crippen LogP contribution in [0.4, 0.5) is 10.1 Å². The SMILES string of the molecule is COc1cc2ncc(F)c(N3CCC(CCN(C)S(=O)(=O)NN)CC3)c2cc1OC. The minimum atomic E-state index is -3.62. The number of nitrogens with two attached hydrogens (primary N) is 1. The lowest BCUT2D eigenvalue weighted by Crippen LogP contribution is -2.43. The van der Waals surface area contributed by atoms with E-state index in [9.17, 15) is 12.8 Å². The number of fused-ring (bicyclic) bond motifs is 1. The monoisotopic (exact) mass is 441 g/mol. The number of nitrogens with one attached hydrogen (secondary N) is 1. The van der Waals surface area contributed by atoms with Gasteiger partial charge in [0.2, 0.25) is 0 Å². The predicted octanol–water partition coefficient (Wildman–Crippen LogP) is 1.64. The molecule has 0 unspecified atom stereocenters. The Morgan fingerprint density at radius 1 is 1.27 bits per heavy atom. The van der Waals surface area contributed by atoms with Crippen molar-refractivity contribution in [1.82, 2.24) is 14.1 Å². The maximum Gasteiger partial charge on any atom is 0.291 e. The predicted molar refractivity (Wildman–Crippen MR) is 113 cm³/mol. The normalized spacial score (nSPS) is 15.7. The van der Waals surface area contributed by atoms with Crippen molar-refractivity contribution in [2.24, 2.45) is 11.8 Å². The van der Waals surface area contributed by atoms with Crippen LogP contribution in [0.25, 0.3) is 10.9 Å². The molecule has 3 rings (SSSR count). The Kier molecular flexibility index (Phi) is 6.96. The Morgan fingerprint density at radius 3 is 2.50 bits per heavy atom. The lowest BCUT2D eigenvalue weighted by Gasteiger charge is -2.35. The lowest BCUT2D eigenvalue weighted by atomic mass is 9.93. The van der Waals surface area contributed by atoms with Gasteiger partial charge >= 0.3 is 0 Å². The van der Waals surface area contributed by atoms with Crippen molar-refractivity contribution < 1.29 is 22.3 Å². The molecule has 166 valence electrons. The standard InChI is InChI=1S/C19H28FN5O4S/c1-24(30(26,27)23-21)7-4-13-5-8-25(9-6-13)19-14-10-17(28-2)18(29-3)11-16(14)22-12-15(19)20/h10-13,23H,4-9,21H2,1-3H3. The van der Waals surface area contributed by atoms with Gasteiger partial charge in [-0.2, -0.15) is 12.7 Å². The number of aromatic nitrogens is 1. The summed E-state index contributed by atoms with van der Waals surface area (Å²) in [7, 11) is 0.955.